The van der Waals surface area contributed by atoms with E-state index < -0.39 is 17.8 Å². The van der Waals surface area contributed by atoms with E-state index in [0.717, 1.165) is 24.5 Å². The highest BCUT2D eigenvalue weighted by Crippen LogP contribution is 2.39. The lowest BCUT2D eigenvalue weighted by molar-refractivity contribution is -0.112. The maximum Gasteiger partial charge on any atom is 0.421 e. The van der Waals surface area contributed by atoms with Crippen LogP contribution in [0, 0.1) is 19.7 Å². The van der Waals surface area contributed by atoms with Crippen molar-refractivity contribution in [3.8, 4) is 0 Å². The number of methoxy groups -OCH3 is 1. The number of nitrogens with one attached hydrogen (secondary N) is 2. The largest absolute Gasteiger partial charge is 0.452 e. The standard InChI is InChI=1S/C24H29FN4O4/c1-6-28(7-2)11-10-26-22(30)21-14(3)19(27-15(21)4)13-18-17-12-16(25)8-9-20(17)29(23(18)31)24(32)33-5/h8-9,12-13,27H,6-7,10-11H2,1-5H3,(H,26,30)/b18-13-. The molecule has 0 saturated carbocycles. The fourth-order valence-corrected chi connectivity index (χ4v) is 4.04. The van der Waals surface area contributed by atoms with Crippen molar-refractivity contribution in [3.63, 3.8) is 0 Å². The molecule has 33 heavy (non-hydrogen) atoms. The SMILES string of the molecule is CCN(CC)CCNC(=O)c1c(C)[nH]c(/C=C2\C(=O)N(C(=O)OC)c3ccc(F)cc32)c1C. The van der Waals surface area contributed by atoms with Gasteiger partial charge in [0.25, 0.3) is 11.8 Å². The monoisotopic (exact) mass is 456 g/mol. The number of imide groups is 1. The van der Waals surface area contributed by atoms with Crippen molar-refractivity contribution in [2.24, 2.45) is 0 Å². The van der Waals surface area contributed by atoms with Crippen LogP contribution in [0.1, 0.15) is 46.7 Å². The molecule has 1 aliphatic rings. The highest BCUT2D eigenvalue weighted by atomic mass is 19.1. The zero-order valence-electron chi connectivity index (χ0n) is 19.5. The molecule has 2 N–H and O–H groups in total. The quantitative estimate of drug-likeness (QED) is 0.622. The number of halogens is 1. The van der Waals surface area contributed by atoms with Crippen molar-refractivity contribution in [1.82, 2.24) is 15.2 Å². The molecule has 0 aliphatic carbocycles. The molecule has 1 aliphatic heterocycles. The Morgan fingerprint density at radius 1 is 1.24 bits per heavy atom. The third kappa shape index (κ3) is 4.68. The number of aryl methyl sites for hydroxylation is 1. The Morgan fingerprint density at radius 2 is 1.94 bits per heavy atom. The van der Waals surface area contributed by atoms with Gasteiger partial charge >= 0.3 is 6.09 Å². The smallest absolute Gasteiger partial charge is 0.421 e. The molecule has 1 aromatic heterocycles. The first-order valence-corrected chi connectivity index (χ1v) is 10.9. The van der Waals surface area contributed by atoms with Crippen LogP contribution < -0.4 is 10.2 Å². The summed E-state index contributed by atoms with van der Waals surface area (Å²) in [4.78, 5) is 44.2. The van der Waals surface area contributed by atoms with Crippen LogP contribution >= 0.6 is 0 Å². The van der Waals surface area contributed by atoms with E-state index >= 15 is 0 Å². The first-order chi connectivity index (χ1) is 15.7. The van der Waals surface area contributed by atoms with Gasteiger partial charge in [-0.25, -0.2) is 14.1 Å². The second kappa shape index (κ2) is 9.99. The van der Waals surface area contributed by atoms with Crippen molar-refractivity contribution in [2.45, 2.75) is 27.7 Å². The molecule has 8 nitrogen and oxygen atoms in total. The number of likely N-dealkylation sites (N-methyl/N-ethyl adjacent to an activating group) is 1. The summed E-state index contributed by atoms with van der Waals surface area (Å²) in [7, 11) is 1.17. The number of carbonyl (C=O) groups excluding carboxylic acids is 3. The van der Waals surface area contributed by atoms with Crippen LogP contribution in [0.2, 0.25) is 0 Å². The van der Waals surface area contributed by atoms with E-state index in [1.54, 1.807) is 19.9 Å². The number of amides is 3. The normalized spacial score (nSPS) is 14.2. The van der Waals surface area contributed by atoms with E-state index in [1.807, 2.05) is 0 Å². The van der Waals surface area contributed by atoms with Gasteiger partial charge in [-0.15, -0.1) is 0 Å². The van der Waals surface area contributed by atoms with E-state index in [9.17, 15) is 18.8 Å². The van der Waals surface area contributed by atoms with Gasteiger partial charge in [0, 0.05) is 30.0 Å². The number of aromatic amines is 1. The summed E-state index contributed by atoms with van der Waals surface area (Å²) in [6.07, 6.45) is 0.683. The van der Waals surface area contributed by atoms with Crippen LogP contribution in [-0.2, 0) is 9.53 Å². The van der Waals surface area contributed by atoms with Gasteiger partial charge in [-0.05, 0) is 56.8 Å². The molecule has 1 aromatic carbocycles. The third-order valence-electron chi connectivity index (χ3n) is 5.88. The molecular formula is C24H29FN4O4. The molecule has 0 saturated heterocycles. The minimum absolute atomic E-state index is 0.132. The van der Waals surface area contributed by atoms with Gasteiger partial charge < -0.3 is 19.9 Å². The van der Waals surface area contributed by atoms with Gasteiger partial charge in [0.2, 0.25) is 0 Å². The van der Waals surface area contributed by atoms with Crippen LogP contribution in [0.4, 0.5) is 14.9 Å². The van der Waals surface area contributed by atoms with Gasteiger partial charge in [0.15, 0.2) is 0 Å². The highest BCUT2D eigenvalue weighted by molar-refractivity contribution is 6.41. The lowest BCUT2D eigenvalue weighted by Crippen LogP contribution is -2.35. The molecule has 0 bridgehead atoms. The van der Waals surface area contributed by atoms with Gasteiger partial charge in [-0.2, -0.15) is 0 Å². The summed E-state index contributed by atoms with van der Waals surface area (Å²) in [5, 5.41) is 2.94. The minimum Gasteiger partial charge on any atom is -0.452 e. The first kappa shape index (κ1) is 24.2. The van der Waals surface area contributed by atoms with Gasteiger partial charge in [0.05, 0.1) is 23.9 Å². The number of ether oxygens (including phenoxy) is 1. The summed E-state index contributed by atoms with van der Waals surface area (Å²) >= 11 is 0. The highest BCUT2D eigenvalue weighted by Gasteiger charge is 2.38. The third-order valence-corrected chi connectivity index (χ3v) is 5.88. The first-order valence-electron chi connectivity index (χ1n) is 10.9. The lowest BCUT2D eigenvalue weighted by atomic mass is 10.0. The van der Waals surface area contributed by atoms with Gasteiger partial charge in [-0.1, -0.05) is 13.8 Å². The van der Waals surface area contributed by atoms with E-state index in [0.29, 0.717) is 29.1 Å². The molecule has 0 radical (unpaired) electrons. The number of carbonyl (C=O) groups is 3. The Balaban J connectivity index is 1.93. The molecule has 3 amide bonds. The summed E-state index contributed by atoms with van der Waals surface area (Å²) in [6.45, 7) is 10.8. The van der Waals surface area contributed by atoms with Gasteiger partial charge in [0.1, 0.15) is 5.82 Å². The van der Waals surface area contributed by atoms with E-state index in [-0.39, 0.29) is 22.7 Å². The average Bonchev–Trinajstić information content (AvgIpc) is 3.22. The lowest BCUT2D eigenvalue weighted by Gasteiger charge is -2.18. The van der Waals surface area contributed by atoms with Crippen LogP contribution in [0.5, 0.6) is 0 Å². The zero-order chi connectivity index (χ0) is 24.3. The number of hydrogen-bond donors (Lipinski definition) is 2. The Morgan fingerprint density at radius 3 is 2.58 bits per heavy atom. The molecule has 0 atom stereocenters. The average molecular weight is 457 g/mol. The predicted molar refractivity (Wildman–Crippen MR) is 125 cm³/mol. The number of rotatable bonds is 7. The molecule has 0 fully saturated rings. The summed E-state index contributed by atoms with van der Waals surface area (Å²) in [5.41, 5.74) is 2.99. The zero-order valence-corrected chi connectivity index (χ0v) is 19.5. The van der Waals surface area contributed by atoms with Crippen molar-refractivity contribution in [1.29, 1.82) is 0 Å². The fraction of sp³-hybridized carbons (Fsp3) is 0.375. The Hall–Kier alpha value is -3.46. The summed E-state index contributed by atoms with van der Waals surface area (Å²) in [6, 6.07) is 3.74. The van der Waals surface area contributed by atoms with Gasteiger partial charge in [-0.3, -0.25) is 9.59 Å². The fourth-order valence-electron chi connectivity index (χ4n) is 4.04. The molecule has 176 valence electrons. The summed E-state index contributed by atoms with van der Waals surface area (Å²) in [5.74, 6) is -1.37. The van der Waals surface area contributed by atoms with Crippen LogP contribution in [0.3, 0.4) is 0 Å². The topological polar surface area (TPSA) is 94.7 Å². The molecule has 2 heterocycles. The van der Waals surface area contributed by atoms with E-state index in [1.165, 1.54) is 25.3 Å². The Kier molecular flexibility index (Phi) is 7.33. The molecule has 3 rings (SSSR count). The second-order valence-corrected chi connectivity index (χ2v) is 7.78. The van der Waals surface area contributed by atoms with Crippen molar-refractivity contribution in [3.05, 3.63) is 52.1 Å². The Labute approximate surface area is 192 Å². The number of hydrogen-bond acceptors (Lipinski definition) is 5. The summed E-state index contributed by atoms with van der Waals surface area (Å²) < 4.78 is 18.7. The predicted octanol–water partition coefficient (Wildman–Crippen LogP) is 3.50. The number of H-pyrrole nitrogens is 1. The molecule has 2 aromatic rings. The number of fused-ring (bicyclic) bond motifs is 1. The number of anilines is 1. The van der Waals surface area contributed by atoms with E-state index in [4.69, 9.17) is 4.74 Å². The Bertz CT molecular complexity index is 1120. The van der Waals surface area contributed by atoms with Crippen molar-refractivity contribution >= 4 is 35.2 Å². The second-order valence-electron chi connectivity index (χ2n) is 7.78. The number of aromatic nitrogens is 1. The minimum atomic E-state index is -0.857. The van der Waals surface area contributed by atoms with E-state index in [2.05, 4.69) is 29.0 Å². The van der Waals surface area contributed by atoms with Crippen LogP contribution in [-0.4, -0.2) is 61.1 Å². The molecule has 0 spiro atoms. The molecule has 9 heteroatoms. The maximum absolute atomic E-state index is 14.0. The molecular weight excluding hydrogens is 427 g/mol. The van der Waals surface area contributed by atoms with Crippen LogP contribution in [0.25, 0.3) is 11.6 Å². The maximum atomic E-state index is 14.0. The van der Waals surface area contributed by atoms with Crippen molar-refractivity contribution < 1.29 is 23.5 Å². The van der Waals surface area contributed by atoms with Crippen LogP contribution in [0.15, 0.2) is 18.2 Å². The van der Waals surface area contributed by atoms with Crippen molar-refractivity contribution in [2.75, 3.05) is 38.2 Å². The number of benzene rings is 1. The number of nitrogens with zero attached hydrogens (tertiary/aromatic N) is 2. The molecule has 0 unspecified atom stereocenters.